The lowest BCUT2D eigenvalue weighted by atomic mass is 9.49. The molecule has 5 aliphatic rings. The van der Waals surface area contributed by atoms with Gasteiger partial charge in [-0.25, -0.2) is 4.79 Å². The molecule has 1 aromatic carbocycles. The molecular weight excluding hydrogens is 340 g/mol. The fraction of sp³-hybridized carbons (Fsp3) is 0.636. The second-order valence-electron chi connectivity index (χ2n) is 9.28. The van der Waals surface area contributed by atoms with Crippen LogP contribution in [0.15, 0.2) is 18.2 Å². The van der Waals surface area contributed by atoms with Gasteiger partial charge < -0.3 is 15.0 Å². The summed E-state index contributed by atoms with van der Waals surface area (Å²) in [4.78, 5) is 26.8. The molecule has 1 aliphatic heterocycles. The summed E-state index contributed by atoms with van der Waals surface area (Å²) in [5.74, 6) is 2.51. The number of rotatable bonds is 2. The molecule has 0 unspecified atom stereocenters. The van der Waals surface area contributed by atoms with Gasteiger partial charge in [0.05, 0.1) is 12.5 Å². The zero-order valence-electron chi connectivity index (χ0n) is 16.0. The molecule has 5 nitrogen and oxygen atoms in total. The van der Waals surface area contributed by atoms with E-state index in [2.05, 4.69) is 11.4 Å². The van der Waals surface area contributed by atoms with Gasteiger partial charge in [-0.15, -0.1) is 0 Å². The summed E-state index contributed by atoms with van der Waals surface area (Å²) in [5, 5.41) is 3.23. The molecule has 1 aromatic rings. The first-order chi connectivity index (χ1) is 13.0. The van der Waals surface area contributed by atoms with E-state index in [9.17, 15) is 9.59 Å². The molecule has 0 spiro atoms. The van der Waals surface area contributed by atoms with Crippen LogP contribution in [0, 0.1) is 23.2 Å². The summed E-state index contributed by atoms with van der Waals surface area (Å²) in [6.45, 7) is 1.22. The number of carbonyl (C=O) groups is 2. The van der Waals surface area contributed by atoms with Crippen molar-refractivity contribution in [2.75, 3.05) is 19.0 Å². The predicted octanol–water partition coefficient (Wildman–Crippen LogP) is 3.97. The van der Waals surface area contributed by atoms with Gasteiger partial charge in [-0.1, -0.05) is 6.07 Å². The quantitative estimate of drug-likeness (QED) is 0.859. The van der Waals surface area contributed by atoms with Crippen molar-refractivity contribution in [2.24, 2.45) is 23.2 Å². The number of amides is 2. The third-order valence-corrected chi connectivity index (χ3v) is 7.43. The van der Waals surface area contributed by atoms with E-state index in [-0.39, 0.29) is 17.4 Å². The lowest BCUT2D eigenvalue weighted by Crippen LogP contribution is -2.51. The maximum Gasteiger partial charge on any atom is 0.409 e. The van der Waals surface area contributed by atoms with Gasteiger partial charge in [-0.2, -0.15) is 0 Å². The lowest BCUT2D eigenvalue weighted by molar-refractivity contribution is -0.140. The predicted molar refractivity (Wildman–Crippen MR) is 102 cm³/mol. The van der Waals surface area contributed by atoms with Gasteiger partial charge in [0.25, 0.3) is 0 Å². The Morgan fingerprint density at radius 1 is 1.07 bits per heavy atom. The van der Waals surface area contributed by atoms with Gasteiger partial charge >= 0.3 is 6.09 Å². The maximum absolute atomic E-state index is 13.3. The van der Waals surface area contributed by atoms with Crippen molar-refractivity contribution in [3.8, 4) is 0 Å². The van der Waals surface area contributed by atoms with Crippen LogP contribution >= 0.6 is 0 Å². The van der Waals surface area contributed by atoms with Crippen molar-refractivity contribution < 1.29 is 14.3 Å². The standard InChI is InChI=1S/C22H28N2O3/c1-27-21(26)24-5-4-17-2-3-19(9-18(17)13-24)23-20(25)22-10-14-6-15(11-22)8-16(7-14)12-22/h2-3,9,14-16H,4-8,10-13H2,1H3,(H,23,25). The second-order valence-corrected chi connectivity index (χ2v) is 9.28. The molecule has 1 heterocycles. The molecule has 4 saturated carbocycles. The fourth-order valence-electron chi connectivity index (χ4n) is 6.57. The molecule has 2 amide bonds. The number of hydrogen-bond donors (Lipinski definition) is 1. The number of fused-ring (bicyclic) bond motifs is 1. The number of anilines is 1. The summed E-state index contributed by atoms with van der Waals surface area (Å²) in [5.41, 5.74) is 3.09. The minimum Gasteiger partial charge on any atom is -0.453 e. The largest absolute Gasteiger partial charge is 0.453 e. The molecule has 0 radical (unpaired) electrons. The normalized spacial score (nSPS) is 33.5. The van der Waals surface area contributed by atoms with E-state index < -0.39 is 0 Å². The van der Waals surface area contributed by atoms with Gasteiger partial charge in [0.2, 0.25) is 5.91 Å². The highest BCUT2D eigenvalue weighted by Gasteiger charge is 2.54. The van der Waals surface area contributed by atoms with Crippen molar-refractivity contribution in [3.05, 3.63) is 29.3 Å². The average molecular weight is 368 g/mol. The number of methoxy groups -OCH3 is 1. The van der Waals surface area contributed by atoms with E-state index in [4.69, 9.17) is 4.74 Å². The fourth-order valence-corrected chi connectivity index (χ4v) is 6.57. The summed E-state index contributed by atoms with van der Waals surface area (Å²) >= 11 is 0. The molecule has 5 heteroatoms. The van der Waals surface area contributed by atoms with E-state index in [1.54, 1.807) is 4.90 Å². The molecule has 0 saturated heterocycles. The molecule has 0 atom stereocenters. The highest BCUT2D eigenvalue weighted by Crippen LogP contribution is 2.60. The molecule has 27 heavy (non-hydrogen) atoms. The highest BCUT2D eigenvalue weighted by molar-refractivity contribution is 5.95. The minimum atomic E-state index is -0.288. The molecule has 4 aliphatic carbocycles. The zero-order chi connectivity index (χ0) is 18.6. The Hall–Kier alpha value is -2.04. The van der Waals surface area contributed by atoms with Crippen LogP contribution in [0.4, 0.5) is 10.5 Å². The monoisotopic (exact) mass is 368 g/mol. The Morgan fingerprint density at radius 2 is 1.74 bits per heavy atom. The first-order valence-corrected chi connectivity index (χ1v) is 10.3. The van der Waals surface area contributed by atoms with Crippen molar-refractivity contribution in [2.45, 2.75) is 51.5 Å². The topological polar surface area (TPSA) is 58.6 Å². The van der Waals surface area contributed by atoms with Crippen molar-refractivity contribution in [1.82, 2.24) is 4.90 Å². The molecule has 1 N–H and O–H groups in total. The van der Waals surface area contributed by atoms with Crippen LogP contribution in [-0.2, 0) is 22.5 Å². The van der Waals surface area contributed by atoms with Crippen LogP contribution in [0.1, 0.15) is 49.7 Å². The van der Waals surface area contributed by atoms with E-state index >= 15 is 0 Å². The van der Waals surface area contributed by atoms with Gasteiger partial charge in [0.15, 0.2) is 0 Å². The molecule has 4 fully saturated rings. The smallest absolute Gasteiger partial charge is 0.409 e. The van der Waals surface area contributed by atoms with Gasteiger partial charge in [0, 0.05) is 18.8 Å². The number of benzene rings is 1. The summed E-state index contributed by atoms with van der Waals surface area (Å²) < 4.78 is 4.85. The Balaban J connectivity index is 1.33. The summed E-state index contributed by atoms with van der Waals surface area (Å²) in [7, 11) is 1.42. The van der Waals surface area contributed by atoms with E-state index in [1.807, 2.05) is 12.1 Å². The van der Waals surface area contributed by atoms with Crippen LogP contribution in [0.5, 0.6) is 0 Å². The third-order valence-electron chi connectivity index (χ3n) is 7.43. The Labute approximate surface area is 160 Å². The van der Waals surface area contributed by atoms with Crippen LogP contribution in [-0.4, -0.2) is 30.6 Å². The molecule has 144 valence electrons. The number of ether oxygens (including phenoxy) is 1. The van der Waals surface area contributed by atoms with E-state index in [0.717, 1.165) is 54.7 Å². The van der Waals surface area contributed by atoms with Gasteiger partial charge in [-0.3, -0.25) is 4.79 Å². The van der Waals surface area contributed by atoms with Crippen LogP contribution in [0.25, 0.3) is 0 Å². The van der Waals surface area contributed by atoms with Crippen LogP contribution < -0.4 is 5.32 Å². The third kappa shape index (κ3) is 2.91. The number of nitrogens with one attached hydrogen (secondary N) is 1. The van der Waals surface area contributed by atoms with Crippen molar-refractivity contribution in [1.29, 1.82) is 0 Å². The van der Waals surface area contributed by atoms with E-state index in [0.29, 0.717) is 13.1 Å². The zero-order valence-corrected chi connectivity index (χ0v) is 16.0. The second kappa shape index (κ2) is 6.25. The SMILES string of the molecule is COC(=O)N1CCc2ccc(NC(=O)C34CC5CC(CC(C5)C3)C4)cc2C1. The van der Waals surface area contributed by atoms with Gasteiger partial charge in [0.1, 0.15) is 0 Å². The molecule has 6 rings (SSSR count). The Bertz CT molecular complexity index is 752. The lowest BCUT2D eigenvalue weighted by Gasteiger charge is -2.55. The van der Waals surface area contributed by atoms with Gasteiger partial charge in [-0.05, 0) is 86.0 Å². The Kier molecular flexibility index (Phi) is 3.95. The van der Waals surface area contributed by atoms with Crippen molar-refractivity contribution in [3.63, 3.8) is 0 Å². The maximum atomic E-state index is 13.3. The molecule has 0 aromatic heterocycles. The minimum absolute atomic E-state index is 0.136. The van der Waals surface area contributed by atoms with E-state index in [1.165, 1.54) is 31.9 Å². The average Bonchev–Trinajstić information content (AvgIpc) is 2.65. The summed E-state index contributed by atoms with van der Waals surface area (Å²) in [6.07, 6.45) is 7.79. The molecular formula is C22H28N2O3. The van der Waals surface area contributed by atoms with Crippen molar-refractivity contribution >= 4 is 17.7 Å². The number of hydrogen-bond acceptors (Lipinski definition) is 3. The Morgan fingerprint density at radius 3 is 2.37 bits per heavy atom. The molecule has 4 bridgehead atoms. The first-order valence-electron chi connectivity index (χ1n) is 10.3. The summed E-state index contributed by atoms with van der Waals surface area (Å²) in [6, 6.07) is 6.16. The highest BCUT2D eigenvalue weighted by atomic mass is 16.5. The van der Waals surface area contributed by atoms with Crippen LogP contribution in [0.3, 0.4) is 0 Å². The number of nitrogens with zero attached hydrogens (tertiary/aromatic N) is 1. The van der Waals surface area contributed by atoms with Crippen LogP contribution in [0.2, 0.25) is 0 Å². The first kappa shape index (κ1) is 17.1. The number of carbonyl (C=O) groups excluding carboxylic acids is 2.